The Kier molecular flexibility index (Phi) is 6.21. The van der Waals surface area contributed by atoms with Crippen LogP contribution in [-0.4, -0.2) is 49.1 Å². The van der Waals surface area contributed by atoms with Gasteiger partial charge in [-0.05, 0) is 37.9 Å². The van der Waals surface area contributed by atoms with Crippen molar-refractivity contribution in [2.24, 2.45) is 0 Å². The minimum Gasteiger partial charge on any atom is -0.478 e. The second kappa shape index (κ2) is 7.67. The van der Waals surface area contributed by atoms with E-state index < -0.39 is 5.97 Å². The van der Waals surface area contributed by atoms with Gasteiger partial charge in [-0.1, -0.05) is 17.7 Å². The van der Waals surface area contributed by atoms with Crippen LogP contribution in [0.4, 0.5) is 0 Å². The van der Waals surface area contributed by atoms with E-state index in [-0.39, 0.29) is 5.91 Å². The molecule has 0 spiro atoms. The SMILES string of the molecule is CN(C)CCNC(=O)c1ccc(/C=C/C(=O)O)c(Cl)c1. The average molecular weight is 297 g/mol. The van der Waals surface area contributed by atoms with Gasteiger partial charge in [0.2, 0.25) is 0 Å². The van der Waals surface area contributed by atoms with E-state index in [2.05, 4.69) is 5.32 Å². The van der Waals surface area contributed by atoms with Crippen LogP contribution in [0.1, 0.15) is 15.9 Å². The number of carbonyl (C=O) groups excluding carboxylic acids is 1. The van der Waals surface area contributed by atoms with Crippen LogP contribution in [0.15, 0.2) is 24.3 Å². The molecule has 108 valence electrons. The van der Waals surface area contributed by atoms with Crippen molar-refractivity contribution in [2.45, 2.75) is 0 Å². The van der Waals surface area contributed by atoms with Crippen molar-refractivity contribution in [1.29, 1.82) is 0 Å². The zero-order valence-electron chi connectivity index (χ0n) is 11.4. The fraction of sp³-hybridized carbons (Fsp3) is 0.286. The number of amides is 1. The normalized spacial score (nSPS) is 11.0. The van der Waals surface area contributed by atoms with Crippen LogP contribution >= 0.6 is 11.6 Å². The number of hydrogen-bond donors (Lipinski definition) is 2. The Morgan fingerprint density at radius 2 is 2.10 bits per heavy atom. The van der Waals surface area contributed by atoms with Gasteiger partial charge in [0.1, 0.15) is 0 Å². The Hall–Kier alpha value is -1.85. The van der Waals surface area contributed by atoms with Gasteiger partial charge in [0.05, 0.1) is 0 Å². The maximum Gasteiger partial charge on any atom is 0.328 e. The van der Waals surface area contributed by atoms with Crippen LogP contribution in [0, 0.1) is 0 Å². The fourth-order valence-electron chi connectivity index (χ4n) is 1.46. The van der Waals surface area contributed by atoms with Crippen LogP contribution < -0.4 is 5.32 Å². The fourth-order valence-corrected chi connectivity index (χ4v) is 1.70. The zero-order chi connectivity index (χ0) is 15.1. The number of aliphatic carboxylic acids is 1. The van der Waals surface area contributed by atoms with Crippen molar-refractivity contribution in [3.63, 3.8) is 0 Å². The number of rotatable bonds is 6. The molecule has 0 aliphatic carbocycles. The summed E-state index contributed by atoms with van der Waals surface area (Å²) in [6.45, 7) is 1.29. The van der Waals surface area contributed by atoms with E-state index in [4.69, 9.17) is 16.7 Å². The number of halogens is 1. The number of carboxylic acid groups (broad SMARTS) is 1. The molecule has 0 radical (unpaired) electrons. The van der Waals surface area contributed by atoms with Gasteiger partial charge < -0.3 is 15.3 Å². The number of likely N-dealkylation sites (N-methyl/N-ethyl adjacent to an activating group) is 1. The van der Waals surface area contributed by atoms with Gasteiger partial charge in [0.25, 0.3) is 5.91 Å². The summed E-state index contributed by atoms with van der Waals surface area (Å²) in [5.74, 6) is -1.26. The standard InChI is InChI=1S/C14H17ClN2O3/c1-17(2)8-7-16-14(20)11-4-3-10(12(15)9-11)5-6-13(18)19/h3-6,9H,7-8H2,1-2H3,(H,16,20)(H,18,19)/b6-5+. The maximum atomic E-state index is 11.9. The molecule has 0 heterocycles. The lowest BCUT2D eigenvalue weighted by atomic mass is 10.1. The first kappa shape index (κ1) is 16.2. The lowest BCUT2D eigenvalue weighted by Crippen LogP contribution is -2.31. The molecule has 1 aromatic rings. The summed E-state index contributed by atoms with van der Waals surface area (Å²) >= 11 is 6.01. The lowest BCUT2D eigenvalue weighted by molar-refractivity contribution is -0.131. The molecule has 0 bridgehead atoms. The van der Waals surface area contributed by atoms with Gasteiger partial charge in [-0.3, -0.25) is 4.79 Å². The number of hydrogen-bond acceptors (Lipinski definition) is 3. The van der Waals surface area contributed by atoms with Gasteiger partial charge in [0.15, 0.2) is 0 Å². The van der Waals surface area contributed by atoms with Crippen LogP contribution in [0.3, 0.4) is 0 Å². The third-order valence-electron chi connectivity index (χ3n) is 2.51. The summed E-state index contributed by atoms with van der Waals surface area (Å²) in [5, 5.41) is 11.7. The maximum absolute atomic E-state index is 11.9. The van der Waals surface area contributed by atoms with Gasteiger partial charge in [0, 0.05) is 29.8 Å². The molecule has 0 fully saturated rings. The Bertz CT molecular complexity index is 527. The molecule has 6 heteroatoms. The van der Waals surface area contributed by atoms with E-state index in [1.165, 1.54) is 12.1 Å². The Balaban J connectivity index is 2.71. The highest BCUT2D eigenvalue weighted by Gasteiger charge is 2.07. The van der Waals surface area contributed by atoms with Crippen molar-refractivity contribution < 1.29 is 14.7 Å². The molecule has 0 atom stereocenters. The molecule has 2 N–H and O–H groups in total. The highest BCUT2D eigenvalue weighted by atomic mass is 35.5. The second-order valence-electron chi connectivity index (χ2n) is 4.47. The van der Waals surface area contributed by atoms with E-state index >= 15 is 0 Å². The molecule has 0 aromatic heterocycles. The van der Waals surface area contributed by atoms with Crippen LogP contribution in [0.2, 0.25) is 5.02 Å². The van der Waals surface area contributed by atoms with Gasteiger partial charge >= 0.3 is 5.97 Å². The minimum atomic E-state index is -1.05. The molecule has 1 aromatic carbocycles. The number of nitrogens with zero attached hydrogens (tertiary/aromatic N) is 1. The second-order valence-corrected chi connectivity index (χ2v) is 4.87. The summed E-state index contributed by atoms with van der Waals surface area (Å²) in [5.41, 5.74) is 1.00. The molecule has 0 saturated carbocycles. The van der Waals surface area contributed by atoms with Crippen LogP contribution in [-0.2, 0) is 4.79 Å². The van der Waals surface area contributed by atoms with Gasteiger partial charge in [-0.15, -0.1) is 0 Å². The van der Waals surface area contributed by atoms with Crippen LogP contribution in [0.25, 0.3) is 6.08 Å². The van der Waals surface area contributed by atoms with E-state index in [9.17, 15) is 9.59 Å². The Labute approximate surface area is 122 Å². The zero-order valence-corrected chi connectivity index (χ0v) is 12.1. The third-order valence-corrected chi connectivity index (χ3v) is 2.84. The molecule has 5 nitrogen and oxygen atoms in total. The summed E-state index contributed by atoms with van der Waals surface area (Å²) in [6, 6.07) is 4.75. The summed E-state index contributed by atoms with van der Waals surface area (Å²) in [4.78, 5) is 24.3. The van der Waals surface area contributed by atoms with Crippen molar-refractivity contribution in [3.8, 4) is 0 Å². The highest BCUT2D eigenvalue weighted by molar-refractivity contribution is 6.32. The van der Waals surface area contributed by atoms with Crippen molar-refractivity contribution >= 4 is 29.6 Å². The predicted molar refractivity (Wildman–Crippen MR) is 79.0 cm³/mol. The van der Waals surface area contributed by atoms with Crippen LogP contribution in [0.5, 0.6) is 0 Å². The topological polar surface area (TPSA) is 69.6 Å². The van der Waals surface area contributed by atoms with E-state index in [1.54, 1.807) is 12.1 Å². The van der Waals surface area contributed by atoms with E-state index in [0.717, 1.165) is 12.6 Å². The minimum absolute atomic E-state index is 0.206. The third kappa shape index (κ3) is 5.42. The average Bonchev–Trinajstić information content (AvgIpc) is 2.36. The molecule has 1 amide bonds. The number of nitrogens with one attached hydrogen (secondary N) is 1. The Morgan fingerprint density at radius 1 is 1.40 bits per heavy atom. The lowest BCUT2D eigenvalue weighted by Gasteiger charge is -2.10. The molecule has 1 rings (SSSR count). The molecule has 20 heavy (non-hydrogen) atoms. The first-order valence-corrected chi connectivity index (χ1v) is 6.41. The van der Waals surface area contributed by atoms with Gasteiger partial charge in [-0.25, -0.2) is 4.79 Å². The van der Waals surface area contributed by atoms with Crippen molar-refractivity contribution in [3.05, 3.63) is 40.4 Å². The molecular weight excluding hydrogens is 280 g/mol. The summed E-state index contributed by atoms with van der Waals surface area (Å²) in [6.07, 6.45) is 2.39. The smallest absolute Gasteiger partial charge is 0.328 e. The molecule has 0 unspecified atom stereocenters. The number of benzene rings is 1. The molecule has 0 saturated heterocycles. The highest BCUT2D eigenvalue weighted by Crippen LogP contribution is 2.19. The predicted octanol–water partition coefficient (Wildman–Crippen LogP) is 1.73. The van der Waals surface area contributed by atoms with Gasteiger partial charge in [-0.2, -0.15) is 0 Å². The molecule has 0 aliphatic rings. The summed E-state index contributed by atoms with van der Waals surface area (Å²) < 4.78 is 0. The first-order valence-electron chi connectivity index (χ1n) is 6.03. The largest absolute Gasteiger partial charge is 0.478 e. The number of carbonyl (C=O) groups is 2. The summed E-state index contributed by atoms with van der Waals surface area (Å²) in [7, 11) is 3.85. The number of carboxylic acids is 1. The first-order chi connectivity index (χ1) is 9.40. The molecular formula is C14H17ClN2O3. The Morgan fingerprint density at radius 3 is 2.65 bits per heavy atom. The molecule has 0 aliphatic heterocycles. The van der Waals surface area contributed by atoms with E-state index in [0.29, 0.717) is 22.7 Å². The van der Waals surface area contributed by atoms with Crippen molar-refractivity contribution in [2.75, 3.05) is 27.2 Å². The van der Waals surface area contributed by atoms with Crippen molar-refractivity contribution in [1.82, 2.24) is 10.2 Å². The van der Waals surface area contributed by atoms with E-state index in [1.807, 2.05) is 19.0 Å². The monoisotopic (exact) mass is 296 g/mol. The quantitative estimate of drug-likeness (QED) is 0.785.